The van der Waals surface area contributed by atoms with Gasteiger partial charge in [-0.3, -0.25) is 24.0 Å². The topological polar surface area (TPSA) is 94.0 Å². The second-order valence-corrected chi connectivity index (χ2v) is 10.8. The van der Waals surface area contributed by atoms with Crippen LogP contribution in [-0.4, -0.2) is 58.8 Å². The second kappa shape index (κ2) is 8.35. The van der Waals surface area contributed by atoms with Gasteiger partial charge in [-0.1, -0.05) is 0 Å². The fourth-order valence-corrected chi connectivity index (χ4v) is 6.85. The number of amides is 2. The predicted molar refractivity (Wildman–Crippen MR) is 135 cm³/mol. The van der Waals surface area contributed by atoms with Crippen LogP contribution < -0.4 is 15.2 Å². The maximum atomic E-state index is 13.1. The van der Waals surface area contributed by atoms with Gasteiger partial charge in [-0.25, -0.2) is 4.79 Å². The Morgan fingerprint density at radius 3 is 2.77 bits per heavy atom. The van der Waals surface area contributed by atoms with Crippen molar-refractivity contribution in [1.82, 2.24) is 14.5 Å². The number of thiophene rings is 2. The van der Waals surface area contributed by atoms with Gasteiger partial charge in [-0.15, -0.1) is 22.7 Å². The molecule has 0 aromatic carbocycles. The number of aromatic nitrogens is 2. The van der Waals surface area contributed by atoms with Crippen LogP contribution in [0.25, 0.3) is 20.4 Å². The van der Waals surface area contributed by atoms with Crippen molar-refractivity contribution >= 4 is 60.1 Å². The summed E-state index contributed by atoms with van der Waals surface area (Å²) >= 11 is 3.24. The van der Waals surface area contributed by atoms with Crippen molar-refractivity contribution < 1.29 is 19.1 Å². The number of hydrogen-bond donors (Lipinski definition) is 0. The molecule has 9 nitrogen and oxygen atoms in total. The number of carbonyl (C=O) groups is 2. The van der Waals surface area contributed by atoms with Crippen LogP contribution in [0.4, 0.5) is 9.80 Å². The van der Waals surface area contributed by atoms with Gasteiger partial charge < -0.3 is 14.4 Å². The van der Waals surface area contributed by atoms with Gasteiger partial charge in [0.2, 0.25) is 5.91 Å². The summed E-state index contributed by atoms with van der Waals surface area (Å²) in [7, 11) is 1.53. The third kappa shape index (κ3) is 3.84. The van der Waals surface area contributed by atoms with Crippen molar-refractivity contribution in [2.24, 2.45) is 0 Å². The highest BCUT2D eigenvalue weighted by Crippen LogP contribution is 2.41. The van der Waals surface area contributed by atoms with E-state index >= 15 is 0 Å². The predicted octanol–water partition coefficient (Wildman–Crippen LogP) is 3.70. The molecule has 2 saturated heterocycles. The SMILES string of the molecule is COc1cnc2ccc(=O)n(CC(=O)N3CCC4(CC3)CN(c3cc5sccc5s3)C(=O)O4)c2c1. The van der Waals surface area contributed by atoms with Gasteiger partial charge in [0, 0.05) is 47.5 Å². The lowest BCUT2D eigenvalue weighted by Gasteiger charge is -2.37. The molecule has 0 aliphatic carbocycles. The number of pyridine rings is 2. The number of carbonyl (C=O) groups excluding carboxylic acids is 2. The molecule has 0 atom stereocenters. The number of piperidine rings is 1. The number of nitrogens with zero attached hydrogens (tertiary/aromatic N) is 4. The first-order valence-corrected chi connectivity index (χ1v) is 12.9. The molecule has 11 heteroatoms. The van der Waals surface area contributed by atoms with Crippen LogP contribution in [0.1, 0.15) is 12.8 Å². The van der Waals surface area contributed by atoms with Crippen LogP contribution >= 0.6 is 22.7 Å². The number of ether oxygens (including phenoxy) is 2. The summed E-state index contributed by atoms with van der Waals surface area (Å²) in [6.45, 7) is 1.31. The van der Waals surface area contributed by atoms with Crippen molar-refractivity contribution in [3.8, 4) is 5.75 Å². The maximum Gasteiger partial charge on any atom is 0.415 e. The van der Waals surface area contributed by atoms with Crippen LogP contribution in [0.2, 0.25) is 0 Å². The van der Waals surface area contributed by atoms with E-state index in [-0.39, 0.29) is 24.1 Å². The van der Waals surface area contributed by atoms with E-state index in [2.05, 4.69) is 11.1 Å². The smallest absolute Gasteiger partial charge is 0.415 e. The van der Waals surface area contributed by atoms with E-state index in [1.807, 2.05) is 11.4 Å². The molecule has 6 heterocycles. The average Bonchev–Trinajstić information content (AvgIpc) is 3.55. The first kappa shape index (κ1) is 22.1. The van der Waals surface area contributed by atoms with Crippen molar-refractivity contribution in [2.45, 2.75) is 25.0 Å². The normalized spacial score (nSPS) is 17.5. The fourth-order valence-electron chi connectivity index (χ4n) is 4.76. The third-order valence-corrected chi connectivity index (χ3v) is 8.85. The molecule has 2 amide bonds. The van der Waals surface area contributed by atoms with Crippen LogP contribution in [-0.2, 0) is 16.1 Å². The van der Waals surface area contributed by atoms with Gasteiger partial charge in [-0.2, -0.15) is 0 Å². The van der Waals surface area contributed by atoms with Gasteiger partial charge in [-0.05, 0) is 23.6 Å². The molecule has 180 valence electrons. The highest BCUT2D eigenvalue weighted by Gasteiger charge is 2.48. The van der Waals surface area contributed by atoms with Crippen LogP contribution in [0.5, 0.6) is 5.75 Å². The minimum absolute atomic E-state index is 0.0874. The third-order valence-electron chi connectivity index (χ3n) is 6.73. The molecule has 2 fully saturated rings. The molecule has 4 aromatic rings. The Bertz CT molecular complexity index is 1490. The van der Waals surface area contributed by atoms with E-state index in [9.17, 15) is 14.4 Å². The lowest BCUT2D eigenvalue weighted by Crippen LogP contribution is -2.49. The average molecular weight is 511 g/mol. The molecule has 2 aliphatic rings. The summed E-state index contributed by atoms with van der Waals surface area (Å²) in [5, 5.41) is 2.94. The lowest BCUT2D eigenvalue weighted by atomic mass is 9.91. The van der Waals surface area contributed by atoms with Gasteiger partial charge in [0.15, 0.2) is 0 Å². The van der Waals surface area contributed by atoms with Gasteiger partial charge in [0.25, 0.3) is 5.56 Å². The maximum absolute atomic E-state index is 13.1. The van der Waals surface area contributed by atoms with E-state index in [4.69, 9.17) is 9.47 Å². The molecule has 2 aliphatic heterocycles. The molecule has 0 bridgehead atoms. The minimum Gasteiger partial charge on any atom is -0.495 e. The van der Waals surface area contributed by atoms with Gasteiger partial charge in [0.05, 0.1) is 30.9 Å². The van der Waals surface area contributed by atoms with Gasteiger partial charge in [0.1, 0.15) is 22.9 Å². The second-order valence-electron chi connectivity index (χ2n) is 8.79. The first-order valence-electron chi connectivity index (χ1n) is 11.2. The lowest BCUT2D eigenvalue weighted by molar-refractivity contribution is -0.135. The highest BCUT2D eigenvalue weighted by molar-refractivity contribution is 7.29. The molecule has 1 spiro atoms. The molecule has 35 heavy (non-hydrogen) atoms. The largest absolute Gasteiger partial charge is 0.495 e. The van der Waals surface area contributed by atoms with Crippen LogP contribution in [0, 0.1) is 0 Å². The number of fused-ring (bicyclic) bond motifs is 2. The Morgan fingerprint density at radius 1 is 1.17 bits per heavy atom. The zero-order valence-corrected chi connectivity index (χ0v) is 20.6. The van der Waals surface area contributed by atoms with Crippen molar-refractivity contribution in [3.05, 3.63) is 52.3 Å². The van der Waals surface area contributed by atoms with Crippen molar-refractivity contribution in [3.63, 3.8) is 0 Å². The molecule has 6 rings (SSSR count). The number of likely N-dealkylation sites (tertiary alicyclic amines) is 1. The van der Waals surface area contributed by atoms with Crippen molar-refractivity contribution in [2.75, 3.05) is 31.6 Å². The highest BCUT2D eigenvalue weighted by atomic mass is 32.1. The van der Waals surface area contributed by atoms with E-state index < -0.39 is 5.60 Å². The van der Waals surface area contributed by atoms with Crippen molar-refractivity contribution in [1.29, 1.82) is 0 Å². The van der Waals surface area contributed by atoms with E-state index in [1.54, 1.807) is 50.8 Å². The van der Waals surface area contributed by atoms with Gasteiger partial charge >= 0.3 is 6.09 Å². The Hall–Kier alpha value is -3.44. The molecule has 0 N–H and O–H groups in total. The molecular formula is C24H22N4O5S2. The Balaban J connectivity index is 1.16. The molecule has 4 aromatic heterocycles. The monoisotopic (exact) mass is 510 g/mol. The number of anilines is 1. The number of rotatable bonds is 4. The van der Waals surface area contributed by atoms with E-state index in [0.29, 0.717) is 49.3 Å². The first-order chi connectivity index (χ1) is 16.9. The molecule has 0 unspecified atom stereocenters. The molecular weight excluding hydrogens is 488 g/mol. The zero-order valence-electron chi connectivity index (χ0n) is 18.9. The Morgan fingerprint density at radius 2 is 2.00 bits per heavy atom. The molecule has 0 radical (unpaired) electrons. The Kier molecular flexibility index (Phi) is 5.26. The summed E-state index contributed by atoms with van der Waals surface area (Å²) in [4.78, 5) is 46.2. The van der Waals surface area contributed by atoms with E-state index in [1.165, 1.54) is 17.7 Å². The summed E-state index contributed by atoms with van der Waals surface area (Å²) in [5.41, 5.74) is 0.293. The summed E-state index contributed by atoms with van der Waals surface area (Å²) in [6, 6.07) is 8.86. The van der Waals surface area contributed by atoms with E-state index in [0.717, 1.165) is 14.4 Å². The van der Waals surface area contributed by atoms with Crippen LogP contribution in [0.15, 0.2) is 46.7 Å². The summed E-state index contributed by atoms with van der Waals surface area (Å²) in [5.74, 6) is 0.361. The summed E-state index contributed by atoms with van der Waals surface area (Å²) in [6.07, 6.45) is 2.36. The van der Waals surface area contributed by atoms with Crippen LogP contribution in [0.3, 0.4) is 0 Å². The standard InChI is InChI=1S/C24H22N4O5S2/c1-32-15-10-17-16(25-12-15)2-3-20(29)27(17)13-21(30)26-7-5-24(6-8-26)14-28(23(31)33-24)22-11-19-18(35-22)4-9-34-19/h2-4,9-12H,5-8,13-14H2,1H3. The fraction of sp³-hybridized carbons (Fsp3) is 0.333. The quantitative estimate of drug-likeness (QED) is 0.416. The zero-order chi connectivity index (χ0) is 24.2. The number of hydrogen-bond acceptors (Lipinski definition) is 8. The Labute approximate surface area is 208 Å². The minimum atomic E-state index is -0.598. The molecule has 0 saturated carbocycles. The summed E-state index contributed by atoms with van der Waals surface area (Å²) < 4.78 is 14.8. The number of methoxy groups -OCH3 is 1.